The second kappa shape index (κ2) is 3.37. The van der Waals surface area contributed by atoms with E-state index in [2.05, 4.69) is 20.4 Å². The topological polar surface area (TPSA) is 26.3 Å². The highest BCUT2D eigenvalue weighted by molar-refractivity contribution is 5.84. The monoisotopic (exact) mass is 234 g/mol. The average molecular weight is 234 g/mol. The first kappa shape index (κ1) is 11.3. The van der Waals surface area contributed by atoms with E-state index in [1.807, 2.05) is 0 Å². The maximum atomic E-state index is 12.1. The fraction of sp³-hybridized carbons (Fsp3) is 0.800. The third-order valence-electron chi connectivity index (χ3n) is 5.97. The van der Waals surface area contributed by atoms with Crippen LogP contribution in [0, 0.1) is 22.7 Å². The molecular formula is C15H22O2. The van der Waals surface area contributed by atoms with Crippen molar-refractivity contribution in [2.24, 2.45) is 22.7 Å². The van der Waals surface area contributed by atoms with Crippen molar-refractivity contribution < 1.29 is 9.53 Å². The van der Waals surface area contributed by atoms with E-state index in [1.165, 1.54) is 19.3 Å². The lowest BCUT2D eigenvalue weighted by molar-refractivity contribution is -0.146. The Bertz CT molecular complexity index is 368. The summed E-state index contributed by atoms with van der Waals surface area (Å²) in [6, 6.07) is 0. The van der Waals surface area contributed by atoms with E-state index in [1.54, 1.807) is 0 Å². The zero-order valence-corrected chi connectivity index (χ0v) is 10.9. The predicted molar refractivity (Wildman–Crippen MR) is 66.4 cm³/mol. The summed E-state index contributed by atoms with van der Waals surface area (Å²) in [5.74, 6) is 1.42. The summed E-state index contributed by atoms with van der Waals surface area (Å²) < 4.78 is 5.25. The highest BCUT2D eigenvalue weighted by Gasteiger charge is 2.61. The van der Waals surface area contributed by atoms with Gasteiger partial charge in [-0.1, -0.05) is 33.3 Å². The summed E-state index contributed by atoms with van der Waals surface area (Å²) in [6.45, 7) is 9.30. The van der Waals surface area contributed by atoms with E-state index in [4.69, 9.17) is 4.74 Å². The Morgan fingerprint density at radius 1 is 1.41 bits per heavy atom. The van der Waals surface area contributed by atoms with Crippen LogP contribution in [0.5, 0.6) is 0 Å². The lowest BCUT2D eigenvalue weighted by atomic mass is 9.63. The van der Waals surface area contributed by atoms with Gasteiger partial charge < -0.3 is 4.74 Å². The second-order valence-corrected chi connectivity index (χ2v) is 6.68. The number of carbonyl (C=O) groups is 1. The van der Waals surface area contributed by atoms with Gasteiger partial charge in [-0.15, -0.1) is 0 Å². The smallest absolute Gasteiger partial charge is 0.316 e. The summed E-state index contributed by atoms with van der Waals surface area (Å²) in [5, 5.41) is 0. The first-order valence-electron chi connectivity index (χ1n) is 6.84. The maximum Gasteiger partial charge on any atom is 0.316 e. The van der Waals surface area contributed by atoms with E-state index >= 15 is 0 Å². The molecule has 3 rings (SSSR count). The molecule has 2 heteroatoms. The van der Waals surface area contributed by atoms with Gasteiger partial charge >= 0.3 is 5.97 Å². The van der Waals surface area contributed by atoms with Crippen molar-refractivity contribution >= 4 is 5.97 Å². The molecule has 0 aromatic rings. The molecule has 0 N–H and O–H groups in total. The summed E-state index contributed by atoms with van der Waals surface area (Å²) in [5.41, 5.74) is 1.04. The van der Waals surface area contributed by atoms with Crippen LogP contribution in [0.25, 0.3) is 0 Å². The molecule has 2 saturated carbocycles. The number of carbonyl (C=O) groups excluding carboxylic acids is 1. The van der Waals surface area contributed by atoms with Gasteiger partial charge in [-0.3, -0.25) is 4.79 Å². The molecule has 3 fully saturated rings. The van der Waals surface area contributed by atoms with Gasteiger partial charge in [0.15, 0.2) is 0 Å². The predicted octanol–water partition coefficient (Wildman–Crippen LogP) is 3.32. The Hall–Kier alpha value is -0.790. The highest BCUT2D eigenvalue weighted by Crippen LogP contribution is 2.64. The second-order valence-electron chi connectivity index (χ2n) is 6.68. The van der Waals surface area contributed by atoms with Gasteiger partial charge in [-0.25, -0.2) is 0 Å². The average Bonchev–Trinajstić information content (AvgIpc) is 2.74. The van der Waals surface area contributed by atoms with Gasteiger partial charge in [0, 0.05) is 0 Å². The number of hydrogen-bond donors (Lipinski definition) is 0. The van der Waals surface area contributed by atoms with Crippen molar-refractivity contribution in [2.75, 3.05) is 6.61 Å². The third-order valence-corrected chi connectivity index (χ3v) is 5.97. The van der Waals surface area contributed by atoms with Gasteiger partial charge in [0.25, 0.3) is 0 Å². The Morgan fingerprint density at radius 3 is 2.76 bits per heavy atom. The zero-order chi connectivity index (χ0) is 12.3. The van der Waals surface area contributed by atoms with Crippen LogP contribution >= 0.6 is 0 Å². The minimum absolute atomic E-state index is 0.00493. The normalized spacial score (nSPS) is 49.5. The van der Waals surface area contributed by atoms with Crippen LogP contribution in [0.3, 0.4) is 0 Å². The number of rotatable bonds is 0. The molecule has 0 aromatic heterocycles. The van der Waals surface area contributed by atoms with Gasteiger partial charge in [0.2, 0.25) is 0 Å². The van der Waals surface area contributed by atoms with Crippen molar-refractivity contribution in [3.05, 3.63) is 12.2 Å². The van der Waals surface area contributed by atoms with Gasteiger partial charge in [0.1, 0.15) is 6.61 Å². The number of cyclic esters (lactones) is 1. The fourth-order valence-corrected chi connectivity index (χ4v) is 4.53. The van der Waals surface area contributed by atoms with Crippen LogP contribution in [0.15, 0.2) is 12.2 Å². The quantitative estimate of drug-likeness (QED) is 0.475. The SMILES string of the molecule is C=C1COC(=O)[C@@]12C[C@@H]1CCC[C@H](C)[C@]1(C)C2. The van der Waals surface area contributed by atoms with Crippen molar-refractivity contribution in [1.82, 2.24) is 0 Å². The molecule has 17 heavy (non-hydrogen) atoms. The number of esters is 1. The van der Waals surface area contributed by atoms with Crippen LogP contribution < -0.4 is 0 Å². The molecule has 1 saturated heterocycles. The van der Waals surface area contributed by atoms with Gasteiger partial charge in [0.05, 0.1) is 5.41 Å². The van der Waals surface area contributed by atoms with Crippen LogP contribution in [-0.2, 0) is 9.53 Å². The molecule has 3 aliphatic rings. The summed E-state index contributed by atoms with van der Waals surface area (Å²) in [4.78, 5) is 12.1. The number of fused-ring (bicyclic) bond motifs is 1. The summed E-state index contributed by atoms with van der Waals surface area (Å²) in [7, 11) is 0. The molecule has 2 aliphatic carbocycles. The van der Waals surface area contributed by atoms with Gasteiger partial charge in [-0.05, 0) is 42.1 Å². The van der Waals surface area contributed by atoms with E-state index in [0.717, 1.165) is 24.3 Å². The molecule has 94 valence electrons. The molecule has 0 amide bonds. The maximum absolute atomic E-state index is 12.1. The molecule has 2 nitrogen and oxygen atoms in total. The standard InChI is InChI=1S/C15H22O2/c1-10-5-4-6-12-7-15(9-14(10,12)3)11(2)8-17-13(15)16/h10,12H,2,4-9H2,1,3H3/t10-,12-,14-,15+/m0/s1. The molecule has 4 atom stereocenters. The summed E-state index contributed by atoms with van der Waals surface area (Å²) >= 11 is 0. The van der Waals surface area contributed by atoms with Crippen molar-refractivity contribution in [3.63, 3.8) is 0 Å². The molecule has 1 spiro atoms. The Morgan fingerprint density at radius 2 is 2.18 bits per heavy atom. The third kappa shape index (κ3) is 1.30. The van der Waals surface area contributed by atoms with Crippen molar-refractivity contribution in [2.45, 2.75) is 46.0 Å². The number of ether oxygens (including phenoxy) is 1. The minimum atomic E-state index is -0.321. The molecule has 0 unspecified atom stereocenters. The van der Waals surface area contributed by atoms with Crippen LogP contribution in [0.1, 0.15) is 46.0 Å². The zero-order valence-electron chi connectivity index (χ0n) is 10.9. The van der Waals surface area contributed by atoms with Crippen LogP contribution in [0.2, 0.25) is 0 Å². The minimum Gasteiger partial charge on any atom is -0.460 e. The Kier molecular flexibility index (Phi) is 2.24. The molecule has 1 aliphatic heterocycles. The number of hydrogen-bond acceptors (Lipinski definition) is 2. The van der Waals surface area contributed by atoms with Crippen molar-refractivity contribution in [3.8, 4) is 0 Å². The molecule has 0 bridgehead atoms. The van der Waals surface area contributed by atoms with E-state index in [-0.39, 0.29) is 11.4 Å². The largest absolute Gasteiger partial charge is 0.460 e. The van der Waals surface area contributed by atoms with Crippen LogP contribution in [0.4, 0.5) is 0 Å². The van der Waals surface area contributed by atoms with E-state index < -0.39 is 0 Å². The fourth-order valence-electron chi connectivity index (χ4n) is 4.53. The molecule has 0 radical (unpaired) electrons. The first-order chi connectivity index (χ1) is 7.99. The van der Waals surface area contributed by atoms with Gasteiger partial charge in [-0.2, -0.15) is 0 Å². The lowest BCUT2D eigenvalue weighted by Gasteiger charge is -2.42. The molecule has 1 heterocycles. The van der Waals surface area contributed by atoms with Crippen molar-refractivity contribution in [1.29, 1.82) is 0 Å². The Labute approximate surface area is 103 Å². The molecular weight excluding hydrogens is 212 g/mol. The van der Waals surface area contributed by atoms with E-state index in [9.17, 15) is 4.79 Å². The highest BCUT2D eigenvalue weighted by atomic mass is 16.5. The lowest BCUT2D eigenvalue weighted by Crippen LogP contribution is -2.34. The van der Waals surface area contributed by atoms with E-state index in [0.29, 0.717) is 17.9 Å². The Balaban J connectivity index is 1.98. The first-order valence-corrected chi connectivity index (χ1v) is 6.84. The summed E-state index contributed by atoms with van der Waals surface area (Å²) in [6.07, 6.45) is 5.88. The van der Waals surface area contributed by atoms with Crippen LogP contribution in [-0.4, -0.2) is 12.6 Å². The molecule has 0 aromatic carbocycles.